The number of carbonyl (C=O) groups excluding carboxylic acids is 1. The molecule has 0 fully saturated rings. The van der Waals surface area contributed by atoms with Crippen LogP contribution in [0.5, 0.6) is 0 Å². The third-order valence-electron chi connectivity index (χ3n) is 3.67. The molecule has 3 rings (SSSR count). The van der Waals surface area contributed by atoms with E-state index in [0.29, 0.717) is 12.5 Å². The summed E-state index contributed by atoms with van der Waals surface area (Å²) in [6.07, 6.45) is -0.317. The summed E-state index contributed by atoms with van der Waals surface area (Å²) in [6, 6.07) is 9.56. The highest BCUT2D eigenvalue weighted by Crippen LogP contribution is 2.31. The Morgan fingerprint density at radius 1 is 1.19 bits per heavy atom. The van der Waals surface area contributed by atoms with E-state index in [1.807, 2.05) is 24.3 Å². The second-order valence-corrected chi connectivity index (χ2v) is 5.05. The molecule has 2 N–H and O–H groups in total. The molecule has 2 aromatic rings. The number of aliphatic hydroxyl groups is 1. The quantitative estimate of drug-likeness (QED) is 0.891. The van der Waals surface area contributed by atoms with Gasteiger partial charge >= 0.3 is 0 Å². The van der Waals surface area contributed by atoms with Crippen molar-refractivity contribution in [2.45, 2.75) is 18.6 Å². The Kier molecular flexibility index (Phi) is 3.43. The Bertz CT molecular complexity index is 702. The summed E-state index contributed by atoms with van der Waals surface area (Å²) in [5.41, 5.74) is 1.53. The molecule has 0 bridgehead atoms. The molecule has 5 heteroatoms. The normalized spacial score (nSPS) is 20.1. The first-order valence-electron chi connectivity index (χ1n) is 6.58. The number of halogens is 2. The molecule has 0 radical (unpaired) electrons. The van der Waals surface area contributed by atoms with Crippen molar-refractivity contribution in [1.82, 2.24) is 5.32 Å². The summed E-state index contributed by atoms with van der Waals surface area (Å²) in [5, 5.41) is 12.7. The lowest BCUT2D eigenvalue weighted by atomic mass is 10.1. The lowest BCUT2D eigenvalue weighted by Gasteiger charge is -2.18. The molecular formula is C16H13F2NO2. The second kappa shape index (κ2) is 5.26. The fourth-order valence-electron chi connectivity index (χ4n) is 2.64. The molecule has 21 heavy (non-hydrogen) atoms. The molecule has 0 spiro atoms. The molecule has 3 nitrogen and oxygen atoms in total. The Labute approximate surface area is 120 Å². The predicted octanol–water partition coefficient (Wildman–Crippen LogP) is 2.35. The number of benzene rings is 2. The first-order valence-corrected chi connectivity index (χ1v) is 6.58. The highest BCUT2D eigenvalue weighted by molar-refractivity contribution is 5.94. The monoisotopic (exact) mass is 289 g/mol. The minimum Gasteiger partial charge on any atom is -0.390 e. The van der Waals surface area contributed by atoms with Crippen LogP contribution < -0.4 is 5.32 Å². The van der Waals surface area contributed by atoms with E-state index in [1.165, 1.54) is 0 Å². The van der Waals surface area contributed by atoms with Crippen LogP contribution in [0, 0.1) is 11.6 Å². The topological polar surface area (TPSA) is 49.3 Å². The van der Waals surface area contributed by atoms with Crippen LogP contribution in [0.4, 0.5) is 8.78 Å². The van der Waals surface area contributed by atoms with Crippen molar-refractivity contribution in [2.75, 3.05) is 0 Å². The van der Waals surface area contributed by atoms with Gasteiger partial charge in [-0.3, -0.25) is 4.79 Å². The van der Waals surface area contributed by atoms with Crippen molar-refractivity contribution in [3.63, 3.8) is 0 Å². The van der Waals surface area contributed by atoms with Gasteiger partial charge in [-0.25, -0.2) is 8.78 Å². The van der Waals surface area contributed by atoms with Gasteiger partial charge in [0.25, 0.3) is 5.91 Å². The zero-order chi connectivity index (χ0) is 15.0. The van der Waals surface area contributed by atoms with E-state index in [-0.39, 0.29) is 5.56 Å². The van der Waals surface area contributed by atoms with E-state index < -0.39 is 29.7 Å². The zero-order valence-corrected chi connectivity index (χ0v) is 11.0. The minimum atomic E-state index is -0.923. The summed E-state index contributed by atoms with van der Waals surface area (Å²) < 4.78 is 26.5. The van der Waals surface area contributed by atoms with Crippen LogP contribution in [-0.2, 0) is 6.42 Å². The standard InChI is InChI=1S/C16H13F2NO2/c17-10-5-6-12(13(18)8-10)16(21)19-15-11-4-2-1-3-9(11)7-14(15)20/h1-6,8,14-15,20H,7H2,(H,19,21)/t14-,15+/m1/s1. The van der Waals surface area contributed by atoms with Gasteiger partial charge in [-0.1, -0.05) is 24.3 Å². The van der Waals surface area contributed by atoms with E-state index in [2.05, 4.69) is 5.32 Å². The number of aliphatic hydroxyl groups excluding tert-OH is 1. The average molecular weight is 289 g/mol. The third kappa shape index (κ3) is 2.52. The maximum Gasteiger partial charge on any atom is 0.254 e. The first kappa shape index (κ1) is 13.7. The van der Waals surface area contributed by atoms with Crippen LogP contribution in [0.3, 0.4) is 0 Å². The van der Waals surface area contributed by atoms with Gasteiger partial charge in [0.2, 0.25) is 0 Å². The number of hydrogen-bond donors (Lipinski definition) is 2. The van der Waals surface area contributed by atoms with Gasteiger partial charge in [-0.2, -0.15) is 0 Å². The van der Waals surface area contributed by atoms with Gasteiger partial charge in [0.15, 0.2) is 0 Å². The van der Waals surface area contributed by atoms with E-state index in [0.717, 1.165) is 23.3 Å². The van der Waals surface area contributed by atoms with Crippen molar-refractivity contribution in [2.24, 2.45) is 0 Å². The lowest BCUT2D eigenvalue weighted by Crippen LogP contribution is -2.34. The Morgan fingerprint density at radius 2 is 1.95 bits per heavy atom. The Morgan fingerprint density at radius 3 is 2.71 bits per heavy atom. The van der Waals surface area contributed by atoms with Crippen LogP contribution in [0.2, 0.25) is 0 Å². The van der Waals surface area contributed by atoms with Gasteiger partial charge in [0, 0.05) is 12.5 Å². The number of nitrogens with one attached hydrogen (secondary N) is 1. The lowest BCUT2D eigenvalue weighted by molar-refractivity contribution is 0.0854. The summed E-state index contributed by atoms with van der Waals surface area (Å²) in [7, 11) is 0. The molecule has 1 aliphatic rings. The number of fused-ring (bicyclic) bond motifs is 1. The van der Waals surface area contributed by atoms with Crippen LogP contribution in [0.1, 0.15) is 27.5 Å². The van der Waals surface area contributed by atoms with E-state index >= 15 is 0 Å². The van der Waals surface area contributed by atoms with Gasteiger partial charge < -0.3 is 10.4 Å². The molecule has 2 aromatic carbocycles. The Balaban J connectivity index is 1.85. The molecule has 0 heterocycles. The summed E-state index contributed by atoms with van der Waals surface area (Å²) in [5.74, 6) is -2.34. The van der Waals surface area contributed by atoms with E-state index in [1.54, 1.807) is 0 Å². The molecule has 0 aliphatic heterocycles. The van der Waals surface area contributed by atoms with Crippen molar-refractivity contribution in [1.29, 1.82) is 0 Å². The van der Waals surface area contributed by atoms with Crippen molar-refractivity contribution < 1.29 is 18.7 Å². The van der Waals surface area contributed by atoms with E-state index in [4.69, 9.17) is 0 Å². The van der Waals surface area contributed by atoms with Crippen molar-refractivity contribution >= 4 is 5.91 Å². The molecule has 0 unspecified atom stereocenters. The first-order chi connectivity index (χ1) is 10.1. The molecule has 1 aliphatic carbocycles. The smallest absolute Gasteiger partial charge is 0.254 e. The van der Waals surface area contributed by atoms with Gasteiger partial charge in [-0.05, 0) is 23.3 Å². The van der Waals surface area contributed by atoms with Crippen LogP contribution in [0.25, 0.3) is 0 Å². The largest absolute Gasteiger partial charge is 0.390 e. The summed E-state index contributed by atoms with van der Waals surface area (Å²) in [6.45, 7) is 0. The van der Waals surface area contributed by atoms with Crippen molar-refractivity contribution in [3.05, 3.63) is 70.8 Å². The molecule has 0 saturated carbocycles. The fraction of sp³-hybridized carbons (Fsp3) is 0.188. The highest BCUT2D eigenvalue weighted by atomic mass is 19.1. The number of hydrogen-bond acceptors (Lipinski definition) is 2. The molecule has 108 valence electrons. The zero-order valence-electron chi connectivity index (χ0n) is 11.0. The molecule has 1 amide bonds. The summed E-state index contributed by atoms with van der Waals surface area (Å²) in [4.78, 5) is 12.1. The number of carbonyl (C=O) groups is 1. The molecule has 0 saturated heterocycles. The van der Waals surface area contributed by atoms with Crippen LogP contribution in [0.15, 0.2) is 42.5 Å². The van der Waals surface area contributed by atoms with Gasteiger partial charge in [0.05, 0.1) is 17.7 Å². The average Bonchev–Trinajstić information content (AvgIpc) is 2.75. The maximum absolute atomic E-state index is 13.6. The van der Waals surface area contributed by atoms with Crippen LogP contribution >= 0.6 is 0 Å². The minimum absolute atomic E-state index is 0.243. The molecule has 2 atom stereocenters. The molecular weight excluding hydrogens is 276 g/mol. The number of amides is 1. The van der Waals surface area contributed by atoms with Crippen molar-refractivity contribution in [3.8, 4) is 0 Å². The fourth-order valence-corrected chi connectivity index (χ4v) is 2.64. The highest BCUT2D eigenvalue weighted by Gasteiger charge is 2.32. The van der Waals surface area contributed by atoms with Gasteiger partial charge in [0.1, 0.15) is 11.6 Å². The second-order valence-electron chi connectivity index (χ2n) is 5.05. The summed E-state index contributed by atoms with van der Waals surface area (Å²) >= 11 is 0. The maximum atomic E-state index is 13.6. The molecule has 0 aromatic heterocycles. The van der Waals surface area contributed by atoms with Gasteiger partial charge in [-0.15, -0.1) is 0 Å². The third-order valence-corrected chi connectivity index (χ3v) is 3.67. The Hall–Kier alpha value is -2.27. The predicted molar refractivity (Wildman–Crippen MR) is 72.7 cm³/mol. The SMILES string of the molecule is O=C(N[C@H]1c2ccccc2C[C@H]1O)c1ccc(F)cc1F. The van der Waals surface area contributed by atoms with E-state index in [9.17, 15) is 18.7 Å². The van der Waals surface area contributed by atoms with Crippen LogP contribution in [-0.4, -0.2) is 17.1 Å². The number of rotatable bonds is 2.